The summed E-state index contributed by atoms with van der Waals surface area (Å²) >= 11 is 0. The minimum atomic E-state index is -5.40. The second-order valence-electron chi connectivity index (χ2n) is 3.56. The Balaban J connectivity index is 5.13. The molecule has 0 radical (unpaired) electrons. The van der Waals surface area contributed by atoms with E-state index in [0.717, 1.165) is 0 Å². The molecule has 0 amide bonds. The average Bonchev–Trinajstić information content (AvgIpc) is 2.30. The number of nitrogens with two attached hydrogens (primary N) is 1. The molecule has 20 heavy (non-hydrogen) atoms. The highest BCUT2D eigenvalue weighted by Gasteiger charge is 2.41. The number of hydrogen-bond acceptors (Lipinski definition) is 9. The first-order valence-electron chi connectivity index (χ1n) is 4.89. The molecule has 8 N–H and O–H groups in total. The molecule has 0 saturated heterocycles. The second-order valence-corrected chi connectivity index (χ2v) is 6.35. The third-order valence-electron chi connectivity index (χ3n) is 1.92. The predicted molar refractivity (Wildman–Crippen MR) is 61.0 cm³/mol. The number of hydrogen-bond donors (Lipinski definition) is 7. The molecule has 0 fully saturated rings. The predicted octanol–water partition coefficient (Wildman–Crippen LogP) is -3.18. The summed E-state index contributed by atoms with van der Waals surface area (Å²) in [6.07, 6.45) is -6.06. The van der Waals surface area contributed by atoms with Gasteiger partial charge in [-0.25, -0.2) is 9.13 Å². The molecule has 12 nitrogen and oxygen atoms in total. The van der Waals surface area contributed by atoms with Gasteiger partial charge < -0.3 is 40.5 Å². The van der Waals surface area contributed by atoms with Gasteiger partial charge in [0.2, 0.25) is 0 Å². The van der Waals surface area contributed by atoms with Crippen molar-refractivity contribution in [2.45, 2.75) is 24.4 Å². The van der Waals surface area contributed by atoms with E-state index < -0.39 is 46.6 Å². The summed E-state index contributed by atoms with van der Waals surface area (Å²) in [4.78, 5) is 36.3. The number of aliphatic hydroxyl groups excluding tert-OH is 3. The zero-order chi connectivity index (χ0) is 16.1. The van der Waals surface area contributed by atoms with Crippen molar-refractivity contribution in [3.05, 3.63) is 0 Å². The molecular weight excluding hydrogens is 324 g/mol. The molecule has 0 rings (SSSR count). The summed E-state index contributed by atoms with van der Waals surface area (Å²) < 4.78 is 29.3. The van der Waals surface area contributed by atoms with E-state index in [-0.39, 0.29) is 6.29 Å². The molecule has 0 bridgehead atoms. The van der Waals surface area contributed by atoms with Gasteiger partial charge in [0.15, 0.2) is 0 Å². The van der Waals surface area contributed by atoms with Crippen molar-refractivity contribution in [3.63, 3.8) is 0 Å². The summed E-state index contributed by atoms with van der Waals surface area (Å²) in [5.41, 5.74) is 5.15. The Morgan fingerprint density at radius 2 is 1.70 bits per heavy atom. The Morgan fingerprint density at radius 1 is 1.20 bits per heavy atom. The number of carbonyl (C=O) groups is 1. The monoisotopic (exact) mass is 339 g/mol. The molecule has 5 atom stereocenters. The van der Waals surface area contributed by atoms with Crippen LogP contribution in [0.15, 0.2) is 0 Å². The zero-order valence-corrected chi connectivity index (χ0v) is 11.6. The SMILES string of the molecule is N[C@@H](C=O)[C@@H](OP(=O)(O)OP(=O)(O)O)[C@H](O)[C@H](O)CO. The third kappa shape index (κ3) is 6.97. The van der Waals surface area contributed by atoms with Crippen LogP contribution in [-0.2, 0) is 22.8 Å². The maximum absolute atomic E-state index is 11.3. The maximum atomic E-state index is 11.3. The van der Waals surface area contributed by atoms with E-state index in [4.69, 9.17) is 30.6 Å². The normalized spacial score (nSPS) is 21.6. The van der Waals surface area contributed by atoms with Crippen molar-refractivity contribution in [3.8, 4) is 0 Å². The van der Waals surface area contributed by atoms with Crippen LogP contribution in [-0.4, -0.2) is 67.2 Å². The fraction of sp³-hybridized carbons (Fsp3) is 0.833. The first kappa shape index (κ1) is 19.8. The zero-order valence-electron chi connectivity index (χ0n) is 9.79. The van der Waals surface area contributed by atoms with Gasteiger partial charge in [-0.15, -0.1) is 0 Å². The molecular formula is C6H15NO11P2. The lowest BCUT2D eigenvalue weighted by Crippen LogP contribution is -2.51. The molecule has 0 spiro atoms. The number of aldehydes is 1. The summed E-state index contributed by atoms with van der Waals surface area (Å²) in [7, 11) is -10.8. The average molecular weight is 339 g/mol. The van der Waals surface area contributed by atoms with Gasteiger partial charge in [0.05, 0.1) is 12.6 Å². The van der Waals surface area contributed by atoms with Crippen molar-refractivity contribution in [1.82, 2.24) is 0 Å². The van der Waals surface area contributed by atoms with Crippen LogP contribution < -0.4 is 5.73 Å². The van der Waals surface area contributed by atoms with Crippen molar-refractivity contribution in [1.29, 1.82) is 0 Å². The minimum Gasteiger partial charge on any atom is -0.394 e. The van der Waals surface area contributed by atoms with Gasteiger partial charge in [0.1, 0.15) is 24.6 Å². The van der Waals surface area contributed by atoms with E-state index >= 15 is 0 Å². The minimum absolute atomic E-state index is 0.0184. The topological polar surface area (TPSA) is 217 Å². The van der Waals surface area contributed by atoms with Crippen LogP contribution >= 0.6 is 15.6 Å². The highest BCUT2D eigenvalue weighted by Crippen LogP contribution is 2.58. The van der Waals surface area contributed by atoms with Gasteiger partial charge in [-0.2, -0.15) is 4.31 Å². The van der Waals surface area contributed by atoms with Crippen molar-refractivity contribution in [2.24, 2.45) is 5.73 Å². The van der Waals surface area contributed by atoms with E-state index in [1.165, 1.54) is 0 Å². The molecule has 0 heterocycles. The molecule has 0 aromatic heterocycles. The molecule has 0 aromatic rings. The Bertz CT molecular complexity index is 410. The molecule has 0 saturated carbocycles. The van der Waals surface area contributed by atoms with Crippen LogP contribution in [0.25, 0.3) is 0 Å². The lowest BCUT2D eigenvalue weighted by Gasteiger charge is -2.29. The maximum Gasteiger partial charge on any atom is 0.481 e. The molecule has 120 valence electrons. The summed E-state index contributed by atoms with van der Waals surface area (Å²) in [5, 5.41) is 27.2. The fourth-order valence-electron chi connectivity index (χ4n) is 1.07. The molecule has 0 aliphatic rings. The molecule has 1 unspecified atom stereocenters. The van der Waals surface area contributed by atoms with Crippen LogP contribution in [0.4, 0.5) is 0 Å². The number of rotatable bonds is 9. The largest absolute Gasteiger partial charge is 0.481 e. The van der Waals surface area contributed by atoms with E-state index in [0.29, 0.717) is 0 Å². The first-order chi connectivity index (χ1) is 8.93. The Hall–Kier alpha value is -0.230. The van der Waals surface area contributed by atoms with Gasteiger partial charge in [0.25, 0.3) is 0 Å². The Kier molecular flexibility index (Phi) is 7.60. The van der Waals surface area contributed by atoms with Crippen LogP contribution in [0.2, 0.25) is 0 Å². The summed E-state index contributed by atoms with van der Waals surface area (Å²) in [5.74, 6) is 0. The van der Waals surface area contributed by atoms with E-state index in [1.54, 1.807) is 0 Å². The van der Waals surface area contributed by atoms with E-state index in [9.17, 15) is 19.0 Å². The number of phosphoric acid groups is 2. The van der Waals surface area contributed by atoms with Gasteiger partial charge in [0, 0.05) is 0 Å². The quantitative estimate of drug-likeness (QED) is 0.163. The Labute approximate surface area is 112 Å². The number of phosphoric ester groups is 1. The van der Waals surface area contributed by atoms with Crippen molar-refractivity contribution >= 4 is 21.9 Å². The van der Waals surface area contributed by atoms with Crippen molar-refractivity contribution < 1.29 is 52.8 Å². The second kappa shape index (κ2) is 7.69. The van der Waals surface area contributed by atoms with Crippen LogP contribution in [0, 0.1) is 0 Å². The fourth-order valence-corrected chi connectivity index (χ4v) is 2.87. The van der Waals surface area contributed by atoms with Crippen LogP contribution in [0.5, 0.6) is 0 Å². The van der Waals surface area contributed by atoms with Crippen LogP contribution in [0.3, 0.4) is 0 Å². The van der Waals surface area contributed by atoms with Gasteiger partial charge >= 0.3 is 15.6 Å². The van der Waals surface area contributed by atoms with Crippen LogP contribution in [0.1, 0.15) is 0 Å². The van der Waals surface area contributed by atoms with Crippen molar-refractivity contribution in [2.75, 3.05) is 6.61 Å². The van der Waals surface area contributed by atoms with Gasteiger partial charge in [-0.3, -0.25) is 4.52 Å². The lowest BCUT2D eigenvalue weighted by atomic mass is 10.0. The highest BCUT2D eigenvalue weighted by molar-refractivity contribution is 7.60. The van der Waals surface area contributed by atoms with Gasteiger partial charge in [-0.1, -0.05) is 0 Å². The van der Waals surface area contributed by atoms with Gasteiger partial charge in [-0.05, 0) is 0 Å². The first-order valence-corrected chi connectivity index (χ1v) is 7.92. The summed E-state index contributed by atoms with van der Waals surface area (Å²) in [6.45, 7) is -0.998. The lowest BCUT2D eigenvalue weighted by molar-refractivity contribution is -0.117. The van der Waals surface area contributed by atoms with E-state index in [2.05, 4.69) is 8.83 Å². The summed E-state index contributed by atoms with van der Waals surface area (Å²) in [6, 6.07) is -1.74. The molecule has 14 heteroatoms. The molecule has 0 aliphatic heterocycles. The highest BCUT2D eigenvalue weighted by atomic mass is 31.3. The third-order valence-corrected chi connectivity index (χ3v) is 4.11. The number of carbonyl (C=O) groups excluding carboxylic acids is 1. The Morgan fingerprint density at radius 3 is 2.05 bits per heavy atom. The molecule has 0 aliphatic carbocycles. The standard InChI is InChI=1S/C6H15NO11P2/c7-3(1-8)6(5(11)4(10)2-9)17-20(15,16)18-19(12,13)14/h1,3-6,9-11H,2,7H2,(H,15,16)(H2,12,13,14)/t3-,4+,5+,6+/m0/s1. The molecule has 0 aromatic carbocycles. The van der Waals surface area contributed by atoms with E-state index in [1.807, 2.05) is 0 Å². The number of aliphatic hydroxyl groups is 3. The smallest absolute Gasteiger partial charge is 0.394 e.